The quantitative estimate of drug-likeness (QED) is 0.605. The van der Waals surface area contributed by atoms with E-state index in [2.05, 4.69) is 17.5 Å². The minimum absolute atomic E-state index is 0.394. The van der Waals surface area contributed by atoms with Crippen molar-refractivity contribution in [2.75, 3.05) is 26.4 Å². The van der Waals surface area contributed by atoms with Gasteiger partial charge in [-0.1, -0.05) is 12.2 Å². The molecule has 0 spiro atoms. The van der Waals surface area contributed by atoms with E-state index in [1.165, 1.54) is 0 Å². The second kappa shape index (κ2) is 6.19. The van der Waals surface area contributed by atoms with Crippen molar-refractivity contribution in [2.45, 2.75) is 37.8 Å². The summed E-state index contributed by atoms with van der Waals surface area (Å²) in [7, 11) is 0. The smallest absolute Gasteiger partial charge is 0.133 e. The predicted octanol–water partition coefficient (Wildman–Crippen LogP) is 1.86. The molecule has 2 atom stereocenters. The Bertz CT molecular complexity index is 220. The summed E-state index contributed by atoms with van der Waals surface area (Å²) in [6.07, 6.45) is 4.53. The lowest BCUT2D eigenvalue weighted by atomic mass is 10.0. The van der Waals surface area contributed by atoms with E-state index in [1.807, 2.05) is 0 Å². The van der Waals surface area contributed by atoms with Crippen LogP contribution in [0.25, 0.3) is 0 Å². The molecule has 2 aliphatic heterocycles. The fourth-order valence-corrected chi connectivity index (χ4v) is 3.12. The summed E-state index contributed by atoms with van der Waals surface area (Å²) in [6, 6.07) is 0.788. The Morgan fingerprint density at radius 2 is 1.56 bits per heavy atom. The second-order valence-corrected chi connectivity index (χ2v) is 5.54. The lowest BCUT2D eigenvalue weighted by Gasteiger charge is -2.41. The summed E-state index contributed by atoms with van der Waals surface area (Å²) >= 11 is 9.62. The van der Waals surface area contributed by atoms with Gasteiger partial charge in [0.2, 0.25) is 0 Å². The van der Waals surface area contributed by atoms with Gasteiger partial charge in [0.25, 0.3) is 0 Å². The molecule has 92 valence electrons. The highest BCUT2D eigenvalue weighted by Crippen LogP contribution is 2.23. The van der Waals surface area contributed by atoms with Gasteiger partial charge in [0, 0.05) is 13.2 Å². The van der Waals surface area contributed by atoms with E-state index in [9.17, 15) is 0 Å². The molecule has 0 aromatic carbocycles. The van der Waals surface area contributed by atoms with Crippen molar-refractivity contribution >= 4 is 29.2 Å². The molecule has 2 rings (SSSR count). The van der Waals surface area contributed by atoms with E-state index < -0.39 is 0 Å². The van der Waals surface area contributed by atoms with Crippen LogP contribution in [0, 0.1) is 0 Å². The molecule has 0 N–H and O–H groups in total. The first-order chi connectivity index (χ1) is 7.79. The molecular weight excluding hydrogens is 242 g/mol. The first kappa shape index (κ1) is 12.6. The van der Waals surface area contributed by atoms with Gasteiger partial charge in [-0.3, -0.25) is 0 Å². The summed E-state index contributed by atoms with van der Waals surface area (Å²) in [6.45, 7) is 3.31. The van der Waals surface area contributed by atoms with Crippen molar-refractivity contribution in [3.63, 3.8) is 0 Å². The molecule has 0 radical (unpaired) electrons. The normalized spacial score (nSPS) is 31.1. The van der Waals surface area contributed by atoms with Gasteiger partial charge in [0.15, 0.2) is 0 Å². The number of nitrogens with zero attached hydrogens (tertiary/aromatic N) is 1. The molecule has 2 saturated heterocycles. The predicted molar refractivity (Wildman–Crippen MR) is 71.1 cm³/mol. The third kappa shape index (κ3) is 3.09. The molecule has 2 aliphatic rings. The molecule has 0 bridgehead atoms. The Morgan fingerprint density at radius 3 is 1.88 bits per heavy atom. The molecule has 5 heteroatoms. The number of ether oxygens (including phenoxy) is 2. The van der Waals surface area contributed by atoms with Gasteiger partial charge >= 0.3 is 0 Å². The van der Waals surface area contributed by atoms with Crippen LogP contribution in [0.1, 0.15) is 25.7 Å². The Hall–Kier alpha value is 0.160. The number of thiol groups is 1. The Kier molecular flexibility index (Phi) is 4.88. The summed E-state index contributed by atoms with van der Waals surface area (Å²) < 4.78 is 11.7. The van der Waals surface area contributed by atoms with Crippen LogP contribution in [0.4, 0.5) is 0 Å². The molecule has 2 fully saturated rings. The molecule has 0 aromatic heterocycles. The maximum Gasteiger partial charge on any atom is 0.133 e. The maximum atomic E-state index is 5.53. The van der Waals surface area contributed by atoms with Crippen LogP contribution >= 0.6 is 24.8 Å². The van der Waals surface area contributed by atoms with E-state index in [0.717, 1.165) is 52.1 Å². The summed E-state index contributed by atoms with van der Waals surface area (Å²) in [4.78, 5) is 2.23. The zero-order valence-electron chi connectivity index (χ0n) is 9.43. The van der Waals surface area contributed by atoms with Crippen molar-refractivity contribution < 1.29 is 9.47 Å². The van der Waals surface area contributed by atoms with Crippen molar-refractivity contribution in [3.05, 3.63) is 0 Å². The monoisotopic (exact) mass is 261 g/mol. The fourth-order valence-electron chi connectivity index (χ4n) is 2.50. The maximum absolute atomic E-state index is 5.53. The standard InChI is InChI=1S/C11H19NO2S2/c15-11(16)12(9-3-1-5-13-7-9)10-4-2-6-14-8-10/h9-10H,1-8H2,(H,15,16). The highest BCUT2D eigenvalue weighted by atomic mass is 32.1. The molecule has 2 heterocycles. The SMILES string of the molecule is S=C(S)N(C1CCCOC1)C1CCCOC1. The van der Waals surface area contributed by atoms with Gasteiger partial charge in [-0.05, 0) is 25.7 Å². The van der Waals surface area contributed by atoms with E-state index >= 15 is 0 Å². The Morgan fingerprint density at radius 1 is 1.06 bits per heavy atom. The molecule has 16 heavy (non-hydrogen) atoms. The van der Waals surface area contributed by atoms with Gasteiger partial charge in [0.05, 0.1) is 25.3 Å². The first-order valence-corrected chi connectivity index (χ1v) is 6.81. The van der Waals surface area contributed by atoms with E-state index in [0.29, 0.717) is 16.4 Å². The van der Waals surface area contributed by atoms with Gasteiger partial charge < -0.3 is 14.4 Å². The molecule has 0 aliphatic carbocycles. The van der Waals surface area contributed by atoms with Gasteiger partial charge in [-0.15, -0.1) is 12.6 Å². The summed E-state index contributed by atoms with van der Waals surface area (Å²) in [5.74, 6) is 0. The largest absolute Gasteiger partial charge is 0.379 e. The average molecular weight is 261 g/mol. The number of hydrogen-bond acceptors (Lipinski definition) is 3. The van der Waals surface area contributed by atoms with Gasteiger partial charge in [-0.25, -0.2) is 0 Å². The molecule has 2 unspecified atom stereocenters. The lowest BCUT2D eigenvalue weighted by Crippen LogP contribution is -2.51. The Labute approximate surface area is 108 Å². The third-order valence-electron chi connectivity index (χ3n) is 3.28. The van der Waals surface area contributed by atoms with Crippen LogP contribution < -0.4 is 0 Å². The zero-order chi connectivity index (χ0) is 11.4. The van der Waals surface area contributed by atoms with Gasteiger partial charge in [-0.2, -0.15) is 0 Å². The third-order valence-corrected chi connectivity index (χ3v) is 3.72. The van der Waals surface area contributed by atoms with Crippen molar-refractivity contribution in [3.8, 4) is 0 Å². The van der Waals surface area contributed by atoms with Crippen molar-refractivity contribution in [1.82, 2.24) is 4.90 Å². The number of thiocarbonyl (C=S) groups is 1. The molecular formula is C11H19NO2S2. The highest BCUT2D eigenvalue weighted by molar-refractivity contribution is 8.10. The molecule has 3 nitrogen and oxygen atoms in total. The van der Waals surface area contributed by atoms with Crippen LogP contribution in [0.3, 0.4) is 0 Å². The van der Waals surface area contributed by atoms with Crippen LogP contribution in [0.15, 0.2) is 0 Å². The zero-order valence-corrected chi connectivity index (χ0v) is 11.1. The topological polar surface area (TPSA) is 21.7 Å². The van der Waals surface area contributed by atoms with Crippen LogP contribution in [-0.2, 0) is 9.47 Å². The highest BCUT2D eigenvalue weighted by Gasteiger charge is 2.30. The van der Waals surface area contributed by atoms with E-state index in [1.54, 1.807) is 0 Å². The molecule has 0 saturated carbocycles. The van der Waals surface area contributed by atoms with Crippen molar-refractivity contribution in [2.24, 2.45) is 0 Å². The van der Waals surface area contributed by atoms with E-state index in [4.69, 9.17) is 21.7 Å². The molecule has 0 aromatic rings. The minimum Gasteiger partial charge on any atom is -0.379 e. The van der Waals surface area contributed by atoms with Crippen molar-refractivity contribution in [1.29, 1.82) is 0 Å². The Balaban J connectivity index is 1.99. The summed E-state index contributed by atoms with van der Waals surface area (Å²) in [5, 5.41) is 0. The lowest BCUT2D eigenvalue weighted by molar-refractivity contribution is -0.00778. The van der Waals surface area contributed by atoms with Crippen LogP contribution in [0.5, 0.6) is 0 Å². The average Bonchev–Trinajstić information content (AvgIpc) is 2.31. The van der Waals surface area contributed by atoms with Crippen LogP contribution in [0.2, 0.25) is 0 Å². The number of rotatable bonds is 2. The fraction of sp³-hybridized carbons (Fsp3) is 0.909. The molecule has 0 amide bonds. The minimum atomic E-state index is 0.394. The van der Waals surface area contributed by atoms with E-state index in [-0.39, 0.29) is 0 Å². The summed E-state index contributed by atoms with van der Waals surface area (Å²) in [5.41, 5.74) is 0. The van der Waals surface area contributed by atoms with Crippen LogP contribution in [-0.4, -0.2) is 47.7 Å². The second-order valence-electron chi connectivity index (χ2n) is 4.43. The van der Waals surface area contributed by atoms with Gasteiger partial charge in [0.1, 0.15) is 4.32 Å². The number of hydrogen-bond donors (Lipinski definition) is 1. The first-order valence-electron chi connectivity index (χ1n) is 5.96.